The number of aliphatic hydroxyl groups excluding tert-OH is 1. The molecule has 1 aliphatic rings. The van der Waals surface area contributed by atoms with Crippen LogP contribution in [0.2, 0.25) is 0 Å². The minimum atomic E-state index is 0.223. The second-order valence-electron chi connectivity index (χ2n) is 5.96. The highest BCUT2D eigenvalue weighted by Crippen LogP contribution is 2.26. The molecule has 1 N–H and O–H groups in total. The second-order valence-corrected chi connectivity index (χ2v) is 5.96. The molecular formula is C13H27NO. The molecule has 1 rings (SSSR count). The lowest BCUT2D eigenvalue weighted by Crippen LogP contribution is -2.38. The molecule has 1 saturated heterocycles. The minimum Gasteiger partial charge on any atom is -0.396 e. The van der Waals surface area contributed by atoms with E-state index in [0.717, 1.165) is 6.54 Å². The predicted octanol–water partition coefficient (Wildman–Crippen LogP) is 2.52. The largest absolute Gasteiger partial charge is 0.396 e. The van der Waals surface area contributed by atoms with Crippen LogP contribution in [0, 0.1) is 11.3 Å². The van der Waals surface area contributed by atoms with E-state index in [4.69, 9.17) is 0 Å². The Kier molecular flexibility index (Phi) is 5.07. The average Bonchev–Trinajstić information content (AvgIpc) is 2.40. The first kappa shape index (κ1) is 13.0. The number of nitrogens with zero attached hydrogens (tertiary/aromatic N) is 1. The van der Waals surface area contributed by atoms with Crippen LogP contribution in [-0.4, -0.2) is 36.2 Å². The van der Waals surface area contributed by atoms with Crippen molar-refractivity contribution in [3.8, 4) is 0 Å². The maximum Gasteiger partial charge on any atom is 0.0476 e. The van der Waals surface area contributed by atoms with Gasteiger partial charge in [-0.2, -0.15) is 0 Å². The van der Waals surface area contributed by atoms with Gasteiger partial charge in [0.05, 0.1) is 0 Å². The van der Waals surface area contributed by atoms with Crippen molar-refractivity contribution in [2.45, 2.75) is 46.5 Å². The molecule has 2 nitrogen and oxygen atoms in total. The van der Waals surface area contributed by atoms with Gasteiger partial charge in [0.1, 0.15) is 0 Å². The van der Waals surface area contributed by atoms with Gasteiger partial charge in [-0.05, 0) is 37.3 Å². The third-order valence-electron chi connectivity index (χ3n) is 3.62. The number of likely N-dealkylation sites (tertiary alicyclic amines) is 1. The maximum atomic E-state index is 9.44. The molecule has 1 aliphatic heterocycles. The van der Waals surface area contributed by atoms with Crippen molar-refractivity contribution in [2.24, 2.45) is 11.3 Å². The smallest absolute Gasteiger partial charge is 0.0476 e. The molecular weight excluding hydrogens is 186 g/mol. The van der Waals surface area contributed by atoms with Gasteiger partial charge in [0.15, 0.2) is 0 Å². The van der Waals surface area contributed by atoms with Crippen molar-refractivity contribution in [3.05, 3.63) is 0 Å². The molecule has 0 aromatic carbocycles. The van der Waals surface area contributed by atoms with E-state index < -0.39 is 0 Å². The zero-order valence-electron chi connectivity index (χ0n) is 10.6. The van der Waals surface area contributed by atoms with E-state index in [1.807, 2.05) is 0 Å². The van der Waals surface area contributed by atoms with Crippen molar-refractivity contribution in [1.29, 1.82) is 0 Å². The summed E-state index contributed by atoms with van der Waals surface area (Å²) in [6.45, 7) is 10.5. The lowest BCUT2D eigenvalue weighted by atomic mass is 9.81. The third-order valence-corrected chi connectivity index (χ3v) is 3.62. The SMILES string of the molecule is CC(C)(C)C(CO)CN1CCCCCC1. The number of rotatable bonds is 3. The first-order valence-electron chi connectivity index (χ1n) is 6.37. The first-order chi connectivity index (χ1) is 7.04. The molecule has 1 fully saturated rings. The van der Waals surface area contributed by atoms with E-state index in [1.165, 1.54) is 38.8 Å². The Morgan fingerprint density at radius 1 is 1.07 bits per heavy atom. The summed E-state index contributed by atoms with van der Waals surface area (Å²) in [6, 6.07) is 0. The summed E-state index contributed by atoms with van der Waals surface area (Å²) in [6.07, 6.45) is 5.44. The molecule has 0 saturated carbocycles. The molecule has 0 bridgehead atoms. The van der Waals surface area contributed by atoms with E-state index in [2.05, 4.69) is 25.7 Å². The lowest BCUT2D eigenvalue weighted by molar-refractivity contribution is 0.0881. The van der Waals surface area contributed by atoms with Crippen molar-refractivity contribution >= 4 is 0 Å². The van der Waals surface area contributed by atoms with Crippen LogP contribution < -0.4 is 0 Å². The zero-order chi connectivity index (χ0) is 11.3. The average molecular weight is 213 g/mol. The fourth-order valence-corrected chi connectivity index (χ4v) is 2.24. The molecule has 0 radical (unpaired) electrons. The predicted molar refractivity (Wildman–Crippen MR) is 64.9 cm³/mol. The molecule has 0 aromatic heterocycles. The Hall–Kier alpha value is -0.0800. The topological polar surface area (TPSA) is 23.5 Å². The highest BCUT2D eigenvalue weighted by Gasteiger charge is 2.26. The van der Waals surface area contributed by atoms with Crippen LogP contribution in [0.25, 0.3) is 0 Å². The number of hydrogen-bond donors (Lipinski definition) is 1. The van der Waals surface area contributed by atoms with Crippen LogP contribution in [0.5, 0.6) is 0 Å². The summed E-state index contributed by atoms with van der Waals surface area (Å²) >= 11 is 0. The van der Waals surface area contributed by atoms with Gasteiger partial charge in [0.25, 0.3) is 0 Å². The van der Waals surface area contributed by atoms with E-state index in [0.29, 0.717) is 12.5 Å². The second kappa shape index (κ2) is 5.86. The van der Waals surface area contributed by atoms with Crippen LogP contribution in [0.1, 0.15) is 46.5 Å². The van der Waals surface area contributed by atoms with Gasteiger partial charge < -0.3 is 10.0 Å². The fourth-order valence-electron chi connectivity index (χ4n) is 2.24. The van der Waals surface area contributed by atoms with Gasteiger partial charge in [-0.25, -0.2) is 0 Å². The summed E-state index contributed by atoms with van der Waals surface area (Å²) in [5.41, 5.74) is 0.223. The van der Waals surface area contributed by atoms with Gasteiger partial charge >= 0.3 is 0 Å². The zero-order valence-corrected chi connectivity index (χ0v) is 10.6. The van der Waals surface area contributed by atoms with Gasteiger partial charge in [-0.3, -0.25) is 0 Å². The Balaban J connectivity index is 2.42. The van der Waals surface area contributed by atoms with E-state index in [-0.39, 0.29) is 5.41 Å². The van der Waals surface area contributed by atoms with Gasteiger partial charge in [-0.1, -0.05) is 33.6 Å². The summed E-state index contributed by atoms with van der Waals surface area (Å²) in [4.78, 5) is 2.54. The molecule has 1 heterocycles. The monoisotopic (exact) mass is 213 g/mol. The van der Waals surface area contributed by atoms with Crippen molar-refractivity contribution < 1.29 is 5.11 Å². The number of hydrogen-bond acceptors (Lipinski definition) is 2. The molecule has 0 aromatic rings. The van der Waals surface area contributed by atoms with E-state index in [9.17, 15) is 5.11 Å². The van der Waals surface area contributed by atoms with Crippen LogP contribution >= 0.6 is 0 Å². The molecule has 0 spiro atoms. The van der Waals surface area contributed by atoms with Crippen molar-refractivity contribution in [1.82, 2.24) is 4.90 Å². The number of aliphatic hydroxyl groups is 1. The normalized spacial score (nSPS) is 22.4. The first-order valence-corrected chi connectivity index (χ1v) is 6.37. The summed E-state index contributed by atoms with van der Waals surface area (Å²) in [5, 5.41) is 9.44. The van der Waals surface area contributed by atoms with E-state index in [1.54, 1.807) is 0 Å². The molecule has 0 aliphatic carbocycles. The summed E-state index contributed by atoms with van der Waals surface area (Å²) in [5.74, 6) is 0.413. The molecule has 2 heteroatoms. The standard InChI is InChI=1S/C13H27NO/c1-13(2,3)12(11-15)10-14-8-6-4-5-7-9-14/h12,15H,4-11H2,1-3H3. The Morgan fingerprint density at radius 3 is 2.00 bits per heavy atom. The Bertz CT molecular complexity index is 166. The molecule has 1 atom stereocenters. The van der Waals surface area contributed by atoms with Gasteiger partial charge in [0, 0.05) is 13.2 Å². The van der Waals surface area contributed by atoms with E-state index >= 15 is 0 Å². The van der Waals surface area contributed by atoms with Crippen LogP contribution in [0.15, 0.2) is 0 Å². The highest BCUT2D eigenvalue weighted by atomic mass is 16.3. The molecule has 15 heavy (non-hydrogen) atoms. The van der Waals surface area contributed by atoms with Crippen LogP contribution in [0.4, 0.5) is 0 Å². The molecule has 0 amide bonds. The Morgan fingerprint density at radius 2 is 1.60 bits per heavy atom. The fraction of sp³-hybridized carbons (Fsp3) is 1.00. The van der Waals surface area contributed by atoms with Gasteiger partial charge in [0.2, 0.25) is 0 Å². The highest BCUT2D eigenvalue weighted by molar-refractivity contribution is 4.77. The van der Waals surface area contributed by atoms with Crippen LogP contribution in [-0.2, 0) is 0 Å². The van der Waals surface area contributed by atoms with Crippen molar-refractivity contribution in [3.63, 3.8) is 0 Å². The lowest BCUT2D eigenvalue weighted by Gasteiger charge is -2.33. The van der Waals surface area contributed by atoms with Crippen LogP contribution in [0.3, 0.4) is 0 Å². The summed E-state index contributed by atoms with van der Waals surface area (Å²) in [7, 11) is 0. The van der Waals surface area contributed by atoms with Gasteiger partial charge in [-0.15, -0.1) is 0 Å². The summed E-state index contributed by atoms with van der Waals surface area (Å²) < 4.78 is 0. The molecule has 1 unspecified atom stereocenters. The molecule has 90 valence electrons. The maximum absolute atomic E-state index is 9.44. The third kappa shape index (κ3) is 4.52. The Labute approximate surface area is 94.7 Å². The van der Waals surface area contributed by atoms with Crippen molar-refractivity contribution in [2.75, 3.05) is 26.2 Å². The quantitative estimate of drug-likeness (QED) is 0.778. The minimum absolute atomic E-state index is 0.223.